The molecule has 0 saturated carbocycles. The number of pyridine rings is 2. The van der Waals surface area contributed by atoms with E-state index in [0.29, 0.717) is 5.69 Å². The first-order valence-electron chi connectivity index (χ1n) is 8.75. The topological polar surface area (TPSA) is 56.3 Å². The van der Waals surface area contributed by atoms with E-state index < -0.39 is 23.6 Å². The Morgan fingerprint density at radius 1 is 1.13 bits per heavy atom. The van der Waals surface area contributed by atoms with Crippen molar-refractivity contribution in [2.75, 3.05) is 17.8 Å². The van der Waals surface area contributed by atoms with Gasteiger partial charge in [-0.25, -0.2) is 18.7 Å². The van der Waals surface area contributed by atoms with Crippen LogP contribution in [0.5, 0.6) is 11.8 Å². The molecule has 11 heteroatoms. The second-order valence-corrected chi connectivity index (χ2v) is 6.81. The number of benzene rings is 1. The third kappa shape index (κ3) is 5.75. The van der Waals surface area contributed by atoms with Gasteiger partial charge in [0.05, 0.1) is 12.7 Å². The highest BCUT2D eigenvalue weighted by Crippen LogP contribution is 2.32. The Morgan fingerprint density at radius 3 is 2.65 bits per heavy atom. The number of aromatic nitrogens is 2. The molecule has 1 aromatic carbocycles. The second-order valence-electron chi connectivity index (χ2n) is 6.10. The number of anilines is 1. The van der Waals surface area contributed by atoms with E-state index in [1.807, 2.05) is 0 Å². The van der Waals surface area contributed by atoms with Crippen LogP contribution < -0.4 is 14.2 Å². The minimum Gasteiger partial charge on any atom is -0.480 e. The molecule has 1 N–H and O–H groups in total. The number of hydrogen-bond donors (Lipinski definition) is 1. The molecular formula is C20H16F5N3O2S. The van der Waals surface area contributed by atoms with E-state index in [9.17, 15) is 22.0 Å². The minimum atomic E-state index is -4.47. The van der Waals surface area contributed by atoms with Crippen molar-refractivity contribution in [2.45, 2.75) is 12.8 Å². The molecule has 2 aromatic heterocycles. The van der Waals surface area contributed by atoms with E-state index in [-0.39, 0.29) is 35.2 Å². The first-order valence-corrected chi connectivity index (χ1v) is 9.74. The van der Waals surface area contributed by atoms with Crippen LogP contribution in [0.1, 0.15) is 11.1 Å². The van der Waals surface area contributed by atoms with Crippen LogP contribution in [0.25, 0.3) is 11.3 Å². The molecule has 164 valence electrons. The van der Waals surface area contributed by atoms with Gasteiger partial charge in [-0.15, -0.1) is 0 Å². The van der Waals surface area contributed by atoms with Crippen molar-refractivity contribution in [1.82, 2.24) is 9.97 Å². The molecule has 3 rings (SSSR count). The minimum absolute atomic E-state index is 0.0114. The van der Waals surface area contributed by atoms with Crippen LogP contribution >= 0.6 is 11.9 Å². The van der Waals surface area contributed by atoms with Gasteiger partial charge in [0, 0.05) is 17.8 Å². The molecule has 0 bridgehead atoms. The fourth-order valence-corrected chi connectivity index (χ4v) is 2.98. The smallest absolute Gasteiger partial charge is 0.416 e. The van der Waals surface area contributed by atoms with E-state index in [2.05, 4.69) is 14.7 Å². The fourth-order valence-electron chi connectivity index (χ4n) is 2.62. The summed E-state index contributed by atoms with van der Waals surface area (Å²) in [6.45, 7) is -0.192. The molecule has 0 amide bonds. The van der Waals surface area contributed by atoms with E-state index in [1.165, 1.54) is 37.6 Å². The molecule has 0 fully saturated rings. The molecule has 0 atom stereocenters. The molecule has 0 spiro atoms. The van der Waals surface area contributed by atoms with Crippen molar-refractivity contribution in [3.63, 3.8) is 0 Å². The summed E-state index contributed by atoms with van der Waals surface area (Å²) in [5.74, 6) is -0.471. The number of halogens is 5. The molecule has 0 unspecified atom stereocenters. The Labute approximate surface area is 178 Å². The highest BCUT2D eigenvalue weighted by Gasteiger charge is 2.30. The predicted molar refractivity (Wildman–Crippen MR) is 107 cm³/mol. The lowest BCUT2D eigenvalue weighted by atomic mass is 10.1. The Hall–Kier alpha value is -3.08. The van der Waals surface area contributed by atoms with Gasteiger partial charge in [0.2, 0.25) is 11.8 Å². The van der Waals surface area contributed by atoms with E-state index in [0.717, 1.165) is 30.1 Å². The largest absolute Gasteiger partial charge is 0.480 e. The number of hydrogen-bond acceptors (Lipinski definition) is 6. The molecule has 2 heterocycles. The lowest BCUT2D eigenvalue weighted by Crippen LogP contribution is -2.06. The number of alkyl halides is 4. The maximum atomic E-state index is 14.4. The Kier molecular flexibility index (Phi) is 7.16. The number of ether oxygens (including phenoxy) is 2. The summed E-state index contributed by atoms with van der Waals surface area (Å²) in [7, 11) is 1.38. The van der Waals surface area contributed by atoms with Crippen molar-refractivity contribution in [2.24, 2.45) is 0 Å². The molecule has 0 saturated heterocycles. The van der Waals surface area contributed by atoms with Crippen LogP contribution in [0.3, 0.4) is 0 Å². The van der Waals surface area contributed by atoms with E-state index in [1.54, 1.807) is 0 Å². The van der Waals surface area contributed by atoms with Crippen molar-refractivity contribution >= 4 is 17.6 Å². The Morgan fingerprint density at radius 2 is 1.94 bits per heavy atom. The molecule has 0 aliphatic heterocycles. The van der Waals surface area contributed by atoms with Crippen LogP contribution in [-0.2, 0) is 12.8 Å². The van der Waals surface area contributed by atoms with Crippen molar-refractivity contribution in [1.29, 1.82) is 0 Å². The zero-order valence-corrected chi connectivity index (χ0v) is 16.9. The van der Waals surface area contributed by atoms with Crippen molar-refractivity contribution < 1.29 is 31.4 Å². The van der Waals surface area contributed by atoms with Crippen LogP contribution in [0.2, 0.25) is 0 Å². The normalized spacial score (nSPS) is 11.3. The highest BCUT2D eigenvalue weighted by molar-refractivity contribution is 8.00. The number of rotatable bonds is 8. The van der Waals surface area contributed by atoms with E-state index in [4.69, 9.17) is 9.47 Å². The number of nitrogens with one attached hydrogen (secondary N) is 1. The fraction of sp³-hybridized carbons (Fsp3) is 0.200. The maximum Gasteiger partial charge on any atom is 0.416 e. The number of nitrogens with zero attached hydrogens (tertiary/aromatic N) is 2. The van der Waals surface area contributed by atoms with Gasteiger partial charge in [0.1, 0.15) is 23.8 Å². The summed E-state index contributed by atoms with van der Waals surface area (Å²) in [5, 5.41) is 0. The van der Waals surface area contributed by atoms with Gasteiger partial charge in [-0.2, -0.15) is 13.2 Å². The summed E-state index contributed by atoms with van der Waals surface area (Å²) < 4.78 is 78.6. The molecule has 5 nitrogen and oxygen atoms in total. The molecular weight excluding hydrogens is 441 g/mol. The monoisotopic (exact) mass is 457 g/mol. The molecule has 0 radical (unpaired) electrons. The van der Waals surface area contributed by atoms with Gasteiger partial charge < -0.3 is 14.2 Å². The SMILES string of the molecule is COc1ncc(-c2nc(OCc3cccc(C(F)(F)F)c3)ccc2F)cc1NSCF. The number of methoxy groups -OCH3 is 1. The molecule has 0 aliphatic carbocycles. The average molecular weight is 457 g/mol. The standard InChI is InChI=1S/C20H16F5N3O2S/c1-29-19-16(28-31-11-21)8-13(9-26-19)18-15(22)5-6-17(27-18)30-10-12-3-2-4-14(7-12)20(23,24)25/h2-9,28H,10-11H2,1H3. The maximum absolute atomic E-state index is 14.4. The predicted octanol–water partition coefficient (Wildman–Crippen LogP) is 5.88. The van der Waals surface area contributed by atoms with Crippen LogP contribution in [0, 0.1) is 5.82 Å². The van der Waals surface area contributed by atoms with Gasteiger partial charge in [-0.3, -0.25) is 0 Å². The van der Waals surface area contributed by atoms with Crippen LogP contribution in [0.15, 0.2) is 48.7 Å². The summed E-state index contributed by atoms with van der Waals surface area (Å²) in [5.41, 5.74) is -0.0194. The second kappa shape index (κ2) is 9.82. The lowest BCUT2D eigenvalue weighted by Gasteiger charge is -2.12. The third-order valence-electron chi connectivity index (χ3n) is 4.02. The molecule has 31 heavy (non-hydrogen) atoms. The quantitative estimate of drug-likeness (QED) is 0.337. The molecule has 3 aromatic rings. The first-order chi connectivity index (χ1) is 14.8. The molecule has 0 aliphatic rings. The van der Waals surface area contributed by atoms with Gasteiger partial charge in [0.15, 0.2) is 6.01 Å². The summed E-state index contributed by atoms with van der Waals surface area (Å²) in [4.78, 5) is 8.15. The van der Waals surface area contributed by atoms with E-state index >= 15 is 0 Å². The highest BCUT2D eigenvalue weighted by atomic mass is 32.2. The zero-order valence-electron chi connectivity index (χ0n) is 16.0. The zero-order chi connectivity index (χ0) is 22.4. The first kappa shape index (κ1) is 22.6. The Balaban J connectivity index is 1.83. The van der Waals surface area contributed by atoms with Crippen LogP contribution in [-0.4, -0.2) is 23.1 Å². The van der Waals surface area contributed by atoms with Gasteiger partial charge in [0.25, 0.3) is 0 Å². The van der Waals surface area contributed by atoms with Crippen molar-refractivity contribution in [3.05, 3.63) is 65.6 Å². The van der Waals surface area contributed by atoms with Gasteiger partial charge in [-0.1, -0.05) is 12.1 Å². The average Bonchev–Trinajstić information content (AvgIpc) is 2.76. The summed E-state index contributed by atoms with van der Waals surface area (Å²) in [6, 6.07) is 7.85. The summed E-state index contributed by atoms with van der Waals surface area (Å²) in [6.07, 6.45) is -3.14. The lowest BCUT2D eigenvalue weighted by molar-refractivity contribution is -0.137. The van der Waals surface area contributed by atoms with Gasteiger partial charge in [-0.05, 0) is 41.8 Å². The van der Waals surface area contributed by atoms with Crippen LogP contribution in [0.4, 0.5) is 27.6 Å². The van der Waals surface area contributed by atoms with Crippen molar-refractivity contribution in [3.8, 4) is 23.0 Å². The summed E-state index contributed by atoms with van der Waals surface area (Å²) >= 11 is 0.755. The third-order valence-corrected chi connectivity index (χ3v) is 4.49. The Bertz CT molecular complexity index is 1050. The van der Waals surface area contributed by atoms with Gasteiger partial charge >= 0.3 is 6.18 Å².